The monoisotopic (exact) mass is 287 g/mol. The van der Waals surface area contributed by atoms with Crippen LogP contribution in [0, 0.1) is 0 Å². The molecule has 3 nitrogen and oxygen atoms in total. The van der Waals surface area contributed by atoms with Gasteiger partial charge in [0.25, 0.3) is 0 Å². The highest BCUT2D eigenvalue weighted by atomic mass is 16.5. The van der Waals surface area contributed by atoms with Crippen LogP contribution in [0.25, 0.3) is 10.8 Å². The lowest BCUT2D eigenvalue weighted by molar-refractivity contribution is 0.0770. The summed E-state index contributed by atoms with van der Waals surface area (Å²) in [6.45, 7) is 7.43. The lowest BCUT2D eigenvalue weighted by Crippen LogP contribution is -2.23. The molecule has 0 atom stereocenters. The lowest BCUT2D eigenvalue weighted by atomic mass is 10.1. The maximum absolute atomic E-state index is 5.87. The number of fused-ring (bicyclic) bond motifs is 1. The fourth-order valence-electron chi connectivity index (χ4n) is 2.20. The molecule has 0 aliphatic heterocycles. The summed E-state index contributed by atoms with van der Waals surface area (Å²) in [4.78, 5) is 0. The third-order valence-electron chi connectivity index (χ3n) is 3.24. The Hall–Kier alpha value is -1.58. The van der Waals surface area contributed by atoms with Gasteiger partial charge >= 0.3 is 0 Å². The fraction of sp³-hybridized carbons (Fsp3) is 0.444. The first-order chi connectivity index (χ1) is 10.3. The lowest BCUT2D eigenvalue weighted by Gasteiger charge is -2.10. The number of hydrogen-bond donors (Lipinski definition) is 1. The minimum absolute atomic E-state index is 0.319. The van der Waals surface area contributed by atoms with Gasteiger partial charge in [-0.2, -0.15) is 0 Å². The fourth-order valence-corrected chi connectivity index (χ4v) is 2.20. The number of rotatable bonds is 9. The van der Waals surface area contributed by atoms with Crippen molar-refractivity contribution < 1.29 is 9.47 Å². The molecule has 0 saturated heterocycles. The van der Waals surface area contributed by atoms with E-state index in [1.54, 1.807) is 0 Å². The van der Waals surface area contributed by atoms with Gasteiger partial charge in [-0.25, -0.2) is 0 Å². The molecular formula is C18H25NO2. The van der Waals surface area contributed by atoms with E-state index in [0.717, 1.165) is 31.9 Å². The summed E-state index contributed by atoms with van der Waals surface area (Å²) < 4.78 is 11.4. The van der Waals surface area contributed by atoms with Crippen molar-refractivity contribution in [3.8, 4) is 5.75 Å². The number of ether oxygens (including phenoxy) is 2. The van der Waals surface area contributed by atoms with Crippen LogP contribution >= 0.6 is 0 Å². The molecule has 2 aromatic rings. The molecule has 0 radical (unpaired) electrons. The van der Waals surface area contributed by atoms with E-state index in [1.807, 2.05) is 24.3 Å². The smallest absolute Gasteiger partial charge is 0.127 e. The Labute approximate surface area is 127 Å². The first-order valence-electron chi connectivity index (χ1n) is 7.70. The van der Waals surface area contributed by atoms with E-state index in [2.05, 4.69) is 37.4 Å². The summed E-state index contributed by atoms with van der Waals surface area (Å²) in [6, 6.07) is 14.5. The Morgan fingerprint density at radius 3 is 2.62 bits per heavy atom. The topological polar surface area (TPSA) is 30.5 Å². The van der Waals surface area contributed by atoms with E-state index < -0.39 is 0 Å². The molecule has 114 valence electrons. The third kappa shape index (κ3) is 5.37. The Balaban J connectivity index is 1.66. The van der Waals surface area contributed by atoms with Crippen LogP contribution in [-0.2, 0) is 4.74 Å². The molecule has 0 amide bonds. The average Bonchev–Trinajstić information content (AvgIpc) is 2.50. The largest absolute Gasteiger partial charge is 0.492 e. The highest BCUT2D eigenvalue weighted by molar-refractivity contribution is 5.88. The van der Waals surface area contributed by atoms with Gasteiger partial charge in [0.15, 0.2) is 0 Å². The SMILES string of the molecule is CC(C)OCCCNCCOc1cccc2ccccc12. The van der Waals surface area contributed by atoms with Crippen molar-refractivity contribution in [1.82, 2.24) is 5.32 Å². The van der Waals surface area contributed by atoms with Crippen LogP contribution in [0.4, 0.5) is 0 Å². The maximum atomic E-state index is 5.87. The zero-order valence-electron chi connectivity index (χ0n) is 13.0. The van der Waals surface area contributed by atoms with Crippen molar-refractivity contribution in [2.45, 2.75) is 26.4 Å². The molecule has 0 spiro atoms. The summed E-state index contributed by atoms with van der Waals surface area (Å²) in [5, 5.41) is 5.76. The van der Waals surface area contributed by atoms with Crippen LogP contribution in [0.1, 0.15) is 20.3 Å². The average molecular weight is 287 g/mol. The van der Waals surface area contributed by atoms with Gasteiger partial charge < -0.3 is 14.8 Å². The summed E-state index contributed by atoms with van der Waals surface area (Å²) in [7, 11) is 0. The zero-order valence-corrected chi connectivity index (χ0v) is 13.0. The number of hydrogen-bond acceptors (Lipinski definition) is 3. The molecule has 0 aromatic heterocycles. The van der Waals surface area contributed by atoms with Crippen molar-refractivity contribution in [3.05, 3.63) is 42.5 Å². The minimum Gasteiger partial charge on any atom is -0.492 e. The van der Waals surface area contributed by atoms with Gasteiger partial charge in [0.1, 0.15) is 12.4 Å². The van der Waals surface area contributed by atoms with Crippen molar-refractivity contribution in [2.24, 2.45) is 0 Å². The van der Waals surface area contributed by atoms with E-state index in [0.29, 0.717) is 12.7 Å². The van der Waals surface area contributed by atoms with Crippen molar-refractivity contribution in [3.63, 3.8) is 0 Å². The van der Waals surface area contributed by atoms with Gasteiger partial charge in [0.2, 0.25) is 0 Å². The first kappa shape index (κ1) is 15.8. The minimum atomic E-state index is 0.319. The van der Waals surface area contributed by atoms with Crippen LogP contribution in [0.3, 0.4) is 0 Å². The van der Waals surface area contributed by atoms with Crippen LogP contribution in [0.5, 0.6) is 5.75 Å². The van der Waals surface area contributed by atoms with Gasteiger partial charge in [-0.3, -0.25) is 0 Å². The Bertz CT molecular complexity index is 534. The Morgan fingerprint density at radius 2 is 1.76 bits per heavy atom. The van der Waals surface area contributed by atoms with Crippen LogP contribution in [0.15, 0.2) is 42.5 Å². The van der Waals surface area contributed by atoms with Gasteiger partial charge in [0, 0.05) is 18.5 Å². The normalized spacial score (nSPS) is 11.2. The molecule has 21 heavy (non-hydrogen) atoms. The molecule has 3 heteroatoms. The van der Waals surface area contributed by atoms with Crippen LogP contribution in [-0.4, -0.2) is 32.4 Å². The quantitative estimate of drug-likeness (QED) is 0.715. The second kappa shape index (κ2) is 8.65. The molecule has 2 aromatic carbocycles. The van der Waals surface area contributed by atoms with Crippen molar-refractivity contribution >= 4 is 10.8 Å². The molecule has 0 heterocycles. The number of nitrogens with one attached hydrogen (secondary N) is 1. The van der Waals surface area contributed by atoms with Crippen molar-refractivity contribution in [2.75, 3.05) is 26.3 Å². The molecule has 0 aliphatic rings. The molecule has 0 aliphatic carbocycles. The second-order valence-corrected chi connectivity index (χ2v) is 5.35. The summed E-state index contributed by atoms with van der Waals surface area (Å²) in [6.07, 6.45) is 1.35. The van der Waals surface area contributed by atoms with Gasteiger partial charge in [0.05, 0.1) is 6.10 Å². The first-order valence-corrected chi connectivity index (χ1v) is 7.70. The Morgan fingerprint density at radius 1 is 0.952 bits per heavy atom. The van der Waals surface area contributed by atoms with E-state index >= 15 is 0 Å². The highest BCUT2D eigenvalue weighted by Gasteiger charge is 2.00. The summed E-state index contributed by atoms with van der Waals surface area (Å²) in [5.41, 5.74) is 0. The zero-order chi connectivity index (χ0) is 14.9. The van der Waals surface area contributed by atoms with Crippen LogP contribution in [0.2, 0.25) is 0 Å². The van der Waals surface area contributed by atoms with E-state index in [9.17, 15) is 0 Å². The highest BCUT2D eigenvalue weighted by Crippen LogP contribution is 2.24. The van der Waals surface area contributed by atoms with Gasteiger partial charge in [-0.05, 0) is 38.3 Å². The summed E-state index contributed by atoms with van der Waals surface area (Å²) >= 11 is 0. The summed E-state index contributed by atoms with van der Waals surface area (Å²) in [5.74, 6) is 0.957. The van der Waals surface area contributed by atoms with Crippen LogP contribution < -0.4 is 10.1 Å². The molecule has 2 rings (SSSR count). The predicted octanol–water partition coefficient (Wildman–Crippen LogP) is 3.62. The second-order valence-electron chi connectivity index (χ2n) is 5.35. The third-order valence-corrected chi connectivity index (χ3v) is 3.24. The van der Waals surface area contributed by atoms with Gasteiger partial charge in [-0.1, -0.05) is 36.4 Å². The molecule has 0 unspecified atom stereocenters. The van der Waals surface area contributed by atoms with E-state index in [1.165, 1.54) is 10.8 Å². The maximum Gasteiger partial charge on any atom is 0.127 e. The van der Waals surface area contributed by atoms with Gasteiger partial charge in [-0.15, -0.1) is 0 Å². The molecule has 0 fully saturated rings. The molecular weight excluding hydrogens is 262 g/mol. The standard InChI is InChI=1S/C18H25NO2/c1-15(2)20-13-6-11-19-12-14-21-18-10-5-8-16-7-3-4-9-17(16)18/h3-5,7-10,15,19H,6,11-14H2,1-2H3. The Kier molecular flexibility index (Phi) is 6.51. The molecule has 1 N–H and O–H groups in total. The molecule has 0 bridgehead atoms. The van der Waals surface area contributed by atoms with E-state index in [-0.39, 0.29) is 0 Å². The van der Waals surface area contributed by atoms with Crippen molar-refractivity contribution in [1.29, 1.82) is 0 Å². The number of benzene rings is 2. The predicted molar refractivity (Wildman–Crippen MR) is 88.0 cm³/mol. The molecule has 0 saturated carbocycles. The van der Waals surface area contributed by atoms with E-state index in [4.69, 9.17) is 9.47 Å².